The van der Waals surface area contributed by atoms with E-state index in [-0.39, 0.29) is 21.5 Å². The standard InChI is InChI=1S/C17H25ClN2O5S/c1-4-5-6-7-12(2)20-16(21)11-25-17(22)13-8-9-14(18)15(10-13)26(23,24)19-3/h8-10,12,19H,4-7,11H2,1-3H3,(H,20,21)/t12-/m1/s1. The van der Waals surface area contributed by atoms with Crippen LogP contribution in [-0.4, -0.2) is 40.0 Å². The molecule has 0 aliphatic carbocycles. The molecule has 0 aromatic heterocycles. The highest BCUT2D eigenvalue weighted by molar-refractivity contribution is 7.89. The van der Waals surface area contributed by atoms with Crippen molar-refractivity contribution in [3.05, 3.63) is 28.8 Å². The Hall–Kier alpha value is -1.64. The molecule has 0 bridgehead atoms. The Bertz CT molecular complexity index is 737. The number of amides is 1. The van der Waals surface area contributed by atoms with Gasteiger partial charge in [0.2, 0.25) is 10.0 Å². The van der Waals surface area contributed by atoms with Crippen molar-refractivity contribution in [1.29, 1.82) is 0 Å². The number of hydrogen-bond acceptors (Lipinski definition) is 5. The van der Waals surface area contributed by atoms with E-state index < -0.39 is 28.5 Å². The molecule has 1 aromatic rings. The summed E-state index contributed by atoms with van der Waals surface area (Å²) in [5.74, 6) is -1.21. The molecule has 2 N–H and O–H groups in total. The van der Waals surface area contributed by atoms with E-state index in [4.69, 9.17) is 16.3 Å². The maximum atomic E-state index is 12.1. The summed E-state index contributed by atoms with van der Waals surface area (Å²) in [4.78, 5) is 23.7. The second-order valence-corrected chi connectivity index (χ2v) is 8.16. The van der Waals surface area contributed by atoms with Crippen LogP contribution in [0.5, 0.6) is 0 Å². The fourth-order valence-electron chi connectivity index (χ4n) is 2.25. The summed E-state index contributed by atoms with van der Waals surface area (Å²) in [7, 11) is -2.57. The summed E-state index contributed by atoms with van der Waals surface area (Å²) in [6.45, 7) is 3.56. The normalized spacial score (nSPS) is 12.5. The minimum absolute atomic E-state index is 0.00402. The van der Waals surface area contributed by atoms with Gasteiger partial charge in [0.25, 0.3) is 5.91 Å². The van der Waals surface area contributed by atoms with Crippen LogP contribution in [0.15, 0.2) is 23.1 Å². The van der Waals surface area contributed by atoms with Gasteiger partial charge in [-0.2, -0.15) is 0 Å². The van der Waals surface area contributed by atoms with Crippen molar-refractivity contribution >= 4 is 33.5 Å². The fraction of sp³-hybridized carbons (Fsp3) is 0.529. The number of nitrogens with one attached hydrogen (secondary N) is 2. The number of hydrogen-bond donors (Lipinski definition) is 2. The molecule has 9 heteroatoms. The third kappa shape index (κ3) is 6.93. The molecule has 0 saturated carbocycles. The highest BCUT2D eigenvalue weighted by atomic mass is 35.5. The molecule has 7 nitrogen and oxygen atoms in total. The predicted octanol–water partition coefficient (Wildman–Crippen LogP) is 2.49. The molecule has 1 aromatic carbocycles. The molecule has 0 heterocycles. The van der Waals surface area contributed by atoms with E-state index >= 15 is 0 Å². The zero-order valence-electron chi connectivity index (χ0n) is 15.2. The van der Waals surface area contributed by atoms with Gasteiger partial charge in [-0.3, -0.25) is 4.79 Å². The largest absolute Gasteiger partial charge is 0.452 e. The van der Waals surface area contributed by atoms with Gasteiger partial charge in [0.15, 0.2) is 6.61 Å². The molecule has 1 amide bonds. The lowest BCUT2D eigenvalue weighted by molar-refractivity contribution is -0.124. The van der Waals surface area contributed by atoms with Crippen molar-refractivity contribution in [3.63, 3.8) is 0 Å². The monoisotopic (exact) mass is 404 g/mol. The van der Waals surface area contributed by atoms with Crippen LogP contribution >= 0.6 is 11.6 Å². The fourth-order valence-corrected chi connectivity index (χ4v) is 3.50. The Kier molecular flexibility index (Phi) is 9.04. The molecular formula is C17H25ClN2O5S. The smallest absolute Gasteiger partial charge is 0.338 e. The zero-order chi connectivity index (χ0) is 19.7. The zero-order valence-corrected chi connectivity index (χ0v) is 16.7. The molecule has 0 aliphatic heterocycles. The Morgan fingerprint density at radius 3 is 2.58 bits per heavy atom. The maximum absolute atomic E-state index is 12.1. The van der Waals surface area contributed by atoms with Crippen molar-refractivity contribution in [2.24, 2.45) is 0 Å². The molecular weight excluding hydrogens is 380 g/mol. The average molecular weight is 405 g/mol. The van der Waals surface area contributed by atoms with Gasteiger partial charge < -0.3 is 10.1 Å². The number of rotatable bonds is 10. The summed E-state index contributed by atoms with van der Waals surface area (Å²) in [6.07, 6.45) is 4.08. The van der Waals surface area contributed by atoms with Gasteiger partial charge in [0, 0.05) is 6.04 Å². The van der Waals surface area contributed by atoms with Crippen LogP contribution in [0.25, 0.3) is 0 Å². The molecule has 26 heavy (non-hydrogen) atoms. The lowest BCUT2D eigenvalue weighted by atomic mass is 10.1. The van der Waals surface area contributed by atoms with Crippen molar-refractivity contribution in [2.45, 2.75) is 50.5 Å². The van der Waals surface area contributed by atoms with Crippen molar-refractivity contribution in [2.75, 3.05) is 13.7 Å². The number of carbonyl (C=O) groups is 2. The lowest BCUT2D eigenvalue weighted by Gasteiger charge is -2.14. The number of ether oxygens (including phenoxy) is 1. The number of halogens is 1. The van der Waals surface area contributed by atoms with E-state index in [9.17, 15) is 18.0 Å². The molecule has 1 rings (SSSR count). The highest BCUT2D eigenvalue weighted by Crippen LogP contribution is 2.22. The van der Waals surface area contributed by atoms with E-state index in [1.54, 1.807) is 0 Å². The van der Waals surface area contributed by atoms with Crippen LogP contribution in [0, 0.1) is 0 Å². The first kappa shape index (κ1) is 22.4. The Labute approximate surface area is 159 Å². The quantitative estimate of drug-likeness (QED) is 0.460. The first-order valence-corrected chi connectivity index (χ1v) is 10.3. The minimum atomic E-state index is -3.81. The Morgan fingerprint density at radius 2 is 1.96 bits per heavy atom. The molecule has 146 valence electrons. The summed E-state index contributed by atoms with van der Waals surface area (Å²) in [6, 6.07) is 3.74. The molecule has 1 atom stereocenters. The van der Waals surface area contributed by atoms with Gasteiger partial charge in [-0.15, -0.1) is 0 Å². The van der Waals surface area contributed by atoms with Gasteiger partial charge in [0.05, 0.1) is 10.6 Å². The predicted molar refractivity (Wildman–Crippen MR) is 99.7 cm³/mol. The van der Waals surface area contributed by atoms with Gasteiger partial charge in [-0.1, -0.05) is 37.8 Å². The highest BCUT2D eigenvalue weighted by Gasteiger charge is 2.19. The number of benzene rings is 1. The van der Waals surface area contributed by atoms with E-state index in [1.165, 1.54) is 19.2 Å². The van der Waals surface area contributed by atoms with E-state index in [0.29, 0.717) is 0 Å². The second kappa shape index (κ2) is 10.5. The van der Waals surface area contributed by atoms with Crippen molar-refractivity contribution in [3.8, 4) is 0 Å². The van der Waals surface area contributed by atoms with Gasteiger partial charge >= 0.3 is 5.97 Å². The third-order valence-electron chi connectivity index (χ3n) is 3.71. The summed E-state index contributed by atoms with van der Waals surface area (Å²) < 4.78 is 30.8. The van der Waals surface area contributed by atoms with E-state index in [2.05, 4.69) is 17.0 Å². The first-order valence-electron chi connectivity index (χ1n) is 8.40. The number of unbranched alkanes of at least 4 members (excludes halogenated alkanes) is 2. The Balaban J connectivity index is 2.63. The number of sulfonamides is 1. The van der Waals surface area contributed by atoms with Crippen LogP contribution < -0.4 is 10.0 Å². The van der Waals surface area contributed by atoms with Crippen LogP contribution in [-0.2, 0) is 19.6 Å². The third-order valence-corrected chi connectivity index (χ3v) is 5.60. The summed E-state index contributed by atoms with van der Waals surface area (Å²) >= 11 is 5.87. The van der Waals surface area contributed by atoms with Gasteiger partial charge in [0.1, 0.15) is 4.90 Å². The van der Waals surface area contributed by atoms with E-state index in [1.807, 2.05) is 6.92 Å². The van der Waals surface area contributed by atoms with E-state index in [0.717, 1.165) is 31.7 Å². The lowest BCUT2D eigenvalue weighted by Crippen LogP contribution is -2.35. The maximum Gasteiger partial charge on any atom is 0.338 e. The molecule has 0 saturated heterocycles. The second-order valence-electron chi connectivity index (χ2n) is 5.89. The molecule has 0 spiro atoms. The SMILES string of the molecule is CCCCC[C@@H](C)NC(=O)COC(=O)c1ccc(Cl)c(S(=O)(=O)NC)c1. The number of carbonyl (C=O) groups excluding carboxylic acids is 2. The Morgan fingerprint density at radius 1 is 1.27 bits per heavy atom. The van der Waals surface area contributed by atoms with Crippen LogP contribution in [0.3, 0.4) is 0 Å². The number of esters is 1. The summed E-state index contributed by atoms with van der Waals surface area (Å²) in [5, 5.41) is 2.74. The average Bonchev–Trinajstić information content (AvgIpc) is 2.60. The van der Waals surface area contributed by atoms with Crippen LogP contribution in [0.2, 0.25) is 5.02 Å². The van der Waals surface area contributed by atoms with Gasteiger partial charge in [-0.05, 0) is 38.6 Å². The van der Waals surface area contributed by atoms with Crippen molar-refractivity contribution < 1.29 is 22.7 Å². The molecule has 0 fully saturated rings. The first-order chi connectivity index (χ1) is 12.2. The van der Waals surface area contributed by atoms with Crippen LogP contribution in [0.4, 0.5) is 0 Å². The molecule has 0 aliphatic rings. The van der Waals surface area contributed by atoms with Gasteiger partial charge in [-0.25, -0.2) is 17.9 Å². The molecule has 0 radical (unpaired) electrons. The topological polar surface area (TPSA) is 102 Å². The minimum Gasteiger partial charge on any atom is -0.452 e. The van der Waals surface area contributed by atoms with Crippen LogP contribution in [0.1, 0.15) is 49.9 Å². The summed E-state index contributed by atoms with van der Waals surface area (Å²) in [5.41, 5.74) is -0.00739. The van der Waals surface area contributed by atoms with Crippen molar-refractivity contribution in [1.82, 2.24) is 10.0 Å². The molecule has 0 unspecified atom stereocenters.